The first-order chi connectivity index (χ1) is 8.12. The standard InChI is InChI=1S/C14H26O3/c15-10-12-6-7-13(9-12)14(16,17)8-2-1-3-11-4-5-11/h11-13,15-17H,1-10H2. The highest BCUT2D eigenvalue weighted by Gasteiger charge is 2.39. The van der Waals surface area contributed by atoms with Gasteiger partial charge in [-0.25, -0.2) is 0 Å². The Balaban J connectivity index is 1.65. The summed E-state index contributed by atoms with van der Waals surface area (Å²) in [6.07, 6.45) is 9.13. The van der Waals surface area contributed by atoms with Crippen LogP contribution < -0.4 is 0 Å². The van der Waals surface area contributed by atoms with Crippen LogP contribution in [0.5, 0.6) is 0 Å². The molecule has 0 aromatic heterocycles. The first kappa shape index (κ1) is 13.3. The van der Waals surface area contributed by atoms with E-state index in [0.29, 0.717) is 6.42 Å². The molecule has 0 heterocycles. The highest BCUT2D eigenvalue weighted by molar-refractivity contribution is 4.84. The molecule has 3 heteroatoms. The highest BCUT2D eigenvalue weighted by atomic mass is 16.5. The lowest BCUT2D eigenvalue weighted by Gasteiger charge is -2.28. The van der Waals surface area contributed by atoms with Crippen molar-refractivity contribution in [3.8, 4) is 0 Å². The van der Waals surface area contributed by atoms with Crippen LogP contribution in [0.15, 0.2) is 0 Å². The van der Waals surface area contributed by atoms with Crippen LogP contribution in [-0.2, 0) is 0 Å². The summed E-state index contributed by atoms with van der Waals surface area (Å²) in [5.74, 6) is -0.300. The summed E-state index contributed by atoms with van der Waals surface area (Å²) in [6, 6.07) is 0. The van der Waals surface area contributed by atoms with Gasteiger partial charge >= 0.3 is 0 Å². The normalized spacial score (nSPS) is 29.8. The van der Waals surface area contributed by atoms with Crippen molar-refractivity contribution in [2.24, 2.45) is 17.8 Å². The molecular formula is C14H26O3. The third-order valence-electron chi connectivity index (χ3n) is 4.56. The maximum absolute atomic E-state index is 10.1. The smallest absolute Gasteiger partial charge is 0.165 e. The Labute approximate surface area is 104 Å². The third-order valence-corrected chi connectivity index (χ3v) is 4.56. The fourth-order valence-electron chi connectivity index (χ4n) is 3.09. The van der Waals surface area contributed by atoms with E-state index in [1.54, 1.807) is 0 Å². The Morgan fingerprint density at radius 1 is 0.941 bits per heavy atom. The molecule has 100 valence electrons. The van der Waals surface area contributed by atoms with Crippen LogP contribution >= 0.6 is 0 Å². The minimum atomic E-state index is -1.49. The fourth-order valence-corrected chi connectivity index (χ4v) is 3.09. The summed E-state index contributed by atoms with van der Waals surface area (Å²) >= 11 is 0. The van der Waals surface area contributed by atoms with Crippen LogP contribution in [0.4, 0.5) is 0 Å². The minimum absolute atomic E-state index is 0.0272. The Morgan fingerprint density at radius 3 is 2.24 bits per heavy atom. The highest BCUT2D eigenvalue weighted by Crippen LogP contribution is 2.39. The lowest BCUT2D eigenvalue weighted by Crippen LogP contribution is -2.36. The number of unbranched alkanes of at least 4 members (excludes halogenated alkanes) is 1. The number of hydrogen-bond donors (Lipinski definition) is 3. The molecule has 0 bridgehead atoms. The molecular weight excluding hydrogens is 216 g/mol. The zero-order chi connectivity index (χ0) is 12.3. The molecule has 0 aromatic rings. The van der Waals surface area contributed by atoms with E-state index < -0.39 is 5.79 Å². The van der Waals surface area contributed by atoms with Crippen molar-refractivity contribution in [3.63, 3.8) is 0 Å². The molecule has 2 aliphatic rings. The molecule has 2 rings (SSSR count). The van der Waals surface area contributed by atoms with E-state index in [2.05, 4.69) is 0 Å². The third kappa shape index (κ3) is 3.94. The monoisotopic (exact) mass is 242 g/mol. The van der Waals surface area contributed by atoms with Gasteiger partial charge in [-0.15, -0.1) is 0 Å². The van der Waals surface area contributed by atoms with Crippen LogP contribution in [0.25, 0.3) is 0 Å². The van der Waals surface area contributed by atoms with Crippen molar-refractivity contribution in [1.82, 2.24) is 0 Å². The predicted octanol–water partition coefficient (Wildman–Crippen LogP) is 2.05. The summed E-state index contributed by atoms with van der Waals surface area (Å²) in [4.78, 5) is 0. The summed E-state index contributed by atoms with van der Waals surface area (Å²) in [7, 11) is 0. The van der Waals surface area contributed by atoms with Gasteiger partial charge in [0.1, 0.15) is 0 Å². The van der Waals surface area contributed by atoms with Crippen molar-refractivity contribution in [1.29, 1.82) is 0 Å². The second-order valence-corrected chi connectivity index (χ2v) is 6.13. The van der Waals surface area contributed by atoms with Crippen molar-refractivity contribution < 1.29 is 15.3 Å². The second kappa shape index (κ2) is 5.68. The maximum Gasteiger partial charge on any atom is 0.165 e. The van der Waals surface area contributed by atoms with Crippen LogP contribution in [0.1, 0.15) is 57.8 Å². The molecule has 0 aromatic carbocycles. The van der Waals surface area contributed by atoms with Gasteiger partial charge in [-0.2, -0.15) is 0 Å². The van der Waals surface area contributed by atoms with Crippen molar-refractivity contribution in [2.45, 2.75) is 63.6 Å². The van der Waals surface area contributed by atoms with E-state index in [0.717, 1.165) is 38.0 Å². The maximum atomic E-state index is 10.1. The van der Waals surface area contributed by atoms with Gasteiger partial charge in [-0.1, -0.05) is 25.7 Å². The summed E-state index contributed by atoms with van der Waals surface area (Å²) in [6.45, 7) is 0.189. The lowest BCUT2D eigenvalue weighted by atomic mass is 9.91. The van der Waals surface area contributed by atoms with Gasteiger partial charge in [0.2, 0.25) is 0 Å². The number of rotatable bonds is 7. The number of hydrogen-bond acceptors (Lipinski definition) is 3. The molecule has 2 unspecified atom stereocenters. The molecule has 0 radical (unpaired) electrons. The van der Waals surface area contributed by atoms with E-state index in [4.69, 9.17) is 5.11 Å². The van der Waals surface area contributed by atoms with Gasteiger partial charge in [-0.05, 0) is 37.5 Å². The van der Waals surface area contributed by atoms with E-state index >= 15 is 0 Å². The van der Waals surface area contributed by atoms with Gasteiger partial charge in [0.15, 0.2) is 5.79 Å². The van der Waals surface area contributed by atoms with E-state index in [9.17, 15) is 10.2 Å². The molecule has 0 spiro atoms. The van der Waals surface area contributed by atoms with E-state index in [1.165, 1.54) is 19.3 Å². The fraction of sp³-hybridized carbons (Fsp3) is 1.00. The first-order valence-electron chi connectivity index (χ1n) is 7.17. The lowest BCUT2D eigenvalue weighted by molar-refractivity contribution is -0.204. The Bertz CT molecular complexity index is 236. The molecule has 3 nitrogen and oxygen atoms in total. The van der Waals surface area contributed by atoms with Gasteiger partial charge < -0.3 is 15.3 Å². The van der Waals surface area contributed by atoms with Crippen LogP contribution in [-0.4, -0.2) is 27.7 Å². The Morgan fingerprint density at radius 2 is 1.65 bits per heavy atom. The van der Waals surface area contributed by atoms with Gasteiger partial charge in [0, 0.05) is 18.9 Å². The zero-order valence-corrected chi connectivity index (χ0v) is 10.6. The molecule has 0 amide bonds. The van der Waals surface area contributed by atoms with Crippen molar-refractivity contribution >= 4 is 0 Å². The molecule has 17 heavy (non-hydrogen) atoms. The average Bonchev–Trinajstić information content (AvgIpc) is 2.98. The molecule has 3 N–H and O–H groups in total. The SMILES string of the molecule is OCC1CCC(C(O)(O)CCCCC2CC2)C1. The molecule has 0 aliphatic heterocycles. The van der Waals surface area contributed by atoms with Gasteiger partial charge in [0.25, 0.3) is 0 Å². The van der Waals surface area contributed by atoms with Crippen LogP contribution in [0, 0.1) is 17.8 Å². The van der Waals surface area contributed by atoms with Gasteiger partial charge in [0.05, 0.1) is 0 Å². The summed E-state index contributed by atoms with van der Waals surface area (Å²) in [5.41, 5.74) is 0. The van der Waals surface area contributed by atoms with Crippen molar-refractivity contribution in [2.75, 3.05) is 6.61 Å². The van der Waals surface area contributed by atoms with Crippen LogP contribution in [0.2, 0.25) is 0 Å². The predicted molar refractivity (Wildman–Crippen MR) is 66.3 cm³/mol. The Kier molecular flexibility index (Phi) is 4.45. The molecule has 2 aliphatic carbocycles. The first-order valence-corrected chi connectivity index (χ1v) is 7.17. The van der Waals surface area contributed by atoms with Gasteiger partial charge in [-0.3, -0.25) is 0 Å². The minimum Gasteiger partial charge on any atom is -0.396 e. The number of aliphatic hydroxyl groups excluding tert-OH is 1. The van der Waals surface area contributed by atoms with Crippen molar-refractivity contribution in [3.05, 3.63) is 0 Å². The zero-order valence-electron chi connectivity index (χ0n) is 10.6. The quantitative estimate of drug-likeness (QED) is 0.473. The molecule has 2 atom stereocenters. The molecule has 2 fully saturated rings. The topological polar surface area (TPSA) is 60.7 Å². The second-order valence-electron chi connectivity index (χ2n) is 6.13. The van der Waals surface area contributed by atoms with Crippen LogP contribution in [0.3, 0.4) is 0 Å². The Hall–Kier alpha value is -0.120. The van der Waals surface area contributed by atoms with E-state index in [-0.39, 0.29) is 18.4 Å². The van der Waals surface area contributed by atoms with E-state index in [1.807, 2.05) is 0 Å². The molecule has 2 saturated carbocycles. The average molecular weight is 242 g/mol. The largest absolute Gasteiger partial charge is 0.396 e. The molecule has 0 saturated heterocycles. The summed E-state index contributed by atoms with van der Waals surface area (Å²) in [5, 5.41) is 29.2. The summed E-state index contributed by atoms with van der Waals surface area (Å²) < 4.78 is 0. The number of aliphatic hydroxyl groups is 3.